The number of nitrogens with zero attached hydrogens (tertiary/aromatic N) is 6. The van der Waals surface area contributed by atoms with Gasteiger partial charge in [0.1, 0.15) is 17.0 Å². The Bertz CT molecular complexity index is 1490. The van der Waals surface area contributed by atoms with Crippen molar-refractivity contribution in [3.05, 3.63) is 65.6 Å². The number of hydrogen-bond acceptors (Lipinski definition) is 8. The fourth-order valence-electron chi connectivity index (χ4n) is 3.72. The van der Waals surface area contributed by atoms with E-state index >= 15 is 0 Å². The lowest BCUT2D eigenvalue weighted by Crippen LogP contribution is -2.24. The molecule has 5 rings (SSSR count). The van der Waals surface area contributed by atoms with Gasteiger partial charge in [0.15, 0.2) is 5.84 Å². The third-order valence-corrected chi connectivity index (χ3v) is 5.41. The Hall–Kier alpha value is -4.26. The fraction of sp³-hybridized carbons (Fsp3) is 0.227. The molecule has 0 bridgehead atoms. The summed E-state index contributed by atoms with van der Waals surface area (Å²) >= 11 is 0. The average Bonchev–Trinajstić information content (AvgIpc) is 3.56. The second kappa shape index (κ2) is 8.20. The van der Waals surface area contributed by atoms with E-state index in [9.17, 15) is 18.0 Å². The van der Waals surface area contributed by atoms with Gasteiger partial charge in [0.25, 0.3) is 0 Å². The number of aryl methyl sites for hydroxylation is 2. The van der Waals surface area contributed by atoms with Crippen LogP contribution in [0.1, 0.15) is 27.3 Å². The number of amidine groups is 1. The lowest BCUT2D eigenvalue weighted by Gasteiger charge is -2.09. The minimum atomic E-state index is -4.60. The van der Waals surface area contributed by atoms with E-state index in [-0.39, 0.29) is 22.4 Å². The molecule has 0 aliphatic carbocycles. The Balaban J connectivity index is 1.46. The summed E-state index contributed by atoms with van der Waals surface area (Å²) in [6.45, 7) is 1.85. The van der Waals surface area contributed by atoms with Crippen molar-refractivity contribution >= 4 is 22.7 Å². The number of hydrogen-bond donors (Lipinski definition) is 1. The van der Waals surface area contributed by atoms with Gasteiger partial charge in [0.2, 0.25) is 17.9 Å². The van der Waals surface area contributed by atoms with E-state index < -0.39 is 23.8 Å². The van der Waals surface area contributed by atoms with Crippen molar-refractivity contribution in [3.63, 3.8) is 0 Å². The maximum Gasteiger partial charge on any atom is 0.417 e. The van der Waals surface area contributed by atoms with Crippen molar-refractivity contribution in [1.82, 2.24) is 29.6 Å². The van der Waals surface area contributed by atoms with E-state index in [1.807, 2.05) is 13.1 Å². The monoisotopic (exact) mass is 485 g/mol. The van der Waals surface area contributed by atoms with Gasteiger partial charge in [-0.15, -0.1) is 0 Å². The van der Waals surface area contributed by atoms with Crippen LogP contribution in [0.2, 0.25) is 0 Å². The molecule has 4 aromatic rings. The molecule has 10 nitrogen and oxygen atoms in total. The number of nitrogens with one attached hydrogen (secondary N) is 1. The molecule has 1 aliphatic heterocycles. The predicted molar refractivity (Wildman–Crippen MR) is 117 cm³/mol. The molecule has 1 aliphatic rings. The van der Waals surface area contributed by atoms with Crippen LogP contribution in [0.4, 0.5) is 13.2 Å². The number of carbonyl (C=O) groups excluding carboxylic acids is 1. The Morgan fingerprint density at radius 1 is 1.23 bits per heavy atom. The fourth-order valence-corrected chi connectivity index (χ4v) is 3.72. The number of methoxy groups -OCH3 is 1. The van der Waals surface area contributed by atoms with Crippen molar-refractivity contribution in [1.29, 1.82) is 0 Å². The molecule has 0 radical (unpaired) electrons. The average molecular weight is 485 g/mol. The molecule has 1 atom stereocenters. The summed E-state index contributed by atoms with van der Waals surface area (Å²) in [5.41, 5.74) is 3.66. The zero-order chi connectivity index (χ0) is 24.9. The van der Waals surface area contributed by atoms with Gasteiger partial charge in [-0.05, 0) is 25.1 Å². The lowest BCUT2D eigenvalue weighted by molar-refractivity contribution is -0.137. The van der Waals surface area contributed by atoms with Crippen LogP contribution < -0.4 is 10.2 Å². The molecule has 1 unspecified atom stereocenters. The van der Waals surface area contributed by atoms with E-state index in [1.165, 1.54) is 17.9 Å². The van der Waals surface area contributed by atoms with Crippen LogP contribution in [-0.2, 0) is 18.1 Å². The van der Waals surface area contributed by atoms with Gasteiger partial charge in [-0.2, -0.15) is 13.2 Å². The van der Waals surface area contributed by atoms with Crippen molar-refractivity contribution in [2.45, 2.75) is 19.3 Å². The number of imidazole rings is 1. The summed E-state index contributed by atoms with van der Waals surface area (Å²) in [4.78, 5) is 35.2. The Kier molecular flexibility index (Phi) is 5.28. The number of pyridine rings is 2. The van der Waals surface area contributed by atoms with Crippen LogP contribution in [0.25, 0.3) is 16.7 Å². The Morgan fingerprint density at radius 3 is 2.71 bits per heavy atom. The van der Waals surface area contributed by atoms with Gasteiger partial charge in [-0.25, -0.2) is 30.3 Å². The van der Waals surface area contributed by atoms with Gasteiger partial charge >= 0.3 is 6.18 Å². The number of ketones is 1. The first-order valence-electron chi connectivity index (χ1n) is 10.3. The first kappa shape index (κ1) is 22.5. The van der Waals surface area contributed by atoms with Gasteiger partial charge in [0.05, 0.1) is 24.7 Å². The smallest absolute Gasteiger partial charge is 0.417 e. The van der Waals surface area contributed by atoms with E-state index in [2.05, 4.69) is 25.4 Å². The quantitative estimate of drug-likeness (QED) is 0.433. The maximum atomic E-state index is 13.2. The zero-order valence-electron chi connectivity index (χ0n) is 18.7. The van der Waals surface area contributed by atoms with E-state index in [0.29, 0.717) is 17.3 Å². The normalized spacial score (nSPS) is 15.8. The molecule has 0 fully saturated rings. The number of Topliss-reactive ketones (excluding diaryl/α,β-unsaturated/α-hetero) is 1. The van der Waals surface area contributed by atoms with Crippen molar-refractivity contribution in [3.8, 4) is 11.6 Å². The van der Waals surface area contributed by atoms with E-state index in [4.69, 9.17) is 9.57 Å². The first-order chi connectivity index (χ1) is 16.7. The minimum absolute atomic E-state index is 0.00858. The van der Waals surface area contributed by atoms with Crippen LogP contribution in [-0.4, -0.2) is 49.0 Å². The molecule has 0 spiro atoms. The number of aromatic nitrogens is 5. The van der Waals surface area contributed by atoms with Gasteiger partial charge < -0.3 is 13.9 Å². The number of alkyl halides is 3. The SMILES string of the molecule is COc1nc(C2=NC(C(=O)c3cn(C)c4ncc(C(F)(F)F)cc34)ON2)ccc1-n1cnc(C)c1. The lowest BCUT2D eigenvalue weighted by atomic mass is 10.1. The summed E-state index contributed by atoms with van der Waals surface area (Å²) in [6, 6.07) is 4.30. The third kappa shape index (κ3) is 3.99. The second-order valence-corrected chi connectivity index (χ2v) is 7.81. The van der Waals surface area contributed by atoms with Crippen LogP contribution in [0, 0.1) is 6.92 Å². The van der Waals surface area contributed by atoms with Gasteiger partial charge in [0, 0.05) is 36.6 Å². The van der Waals surface area contributed by atoms with Crippen molar-refractivity contribution in [2.24, 2.45) is 12.0 Å². The van der Waals surface area contributed by atoms with Crippen LogP contribution in [0.15, 0.2) is 48.1 Å². The molecule has 0 saturated heterocycles. The highest BCUT2D eigenvalue weighted by Gasteiger charge is 2.34. The van der Waals surface area contributed by atoms with E-state index in [1.54, 1.807) is 30.1 Å². The van der Waals surface area contributed by atoms with E-state index in [0.717, 1.165) is 18.0 Å². The number of fused-ring (bicyclic) bond motifs is 1. The third-order valence-electron chi connectivity index (χ3n) is 5.41. The van der Waals surface area contributed by atoms with Crippen molar-refractivity contribution < 1.29 is 27.5 Å². The first-order valence-corrected chi connectivity index (χ1v) is 10.3. The molecule has 0 amide bonds. The second-order valence-electron chi connectivity index (χ2n) is 7.81. The molecule has 13 heteroatoms. The number of hydroxylamine groups is 1. The number of halogens is 3. The number of carbonyl (C=O) groups is 1. The Labute approximate surface area is 196 Å². The standard InChI is InChI=1S/C22H18F3N7O3/c1-11-8-32(10-27-11)16-5-4-15(28-20(16)34-3)18-29-21(35-30-18)17(33)14-9-31(2)19-13(14)6-12(7-26-19)22(23,24)25/h4-10,21H,1-3H3,(H,29,30). The molecule has 5 heterocycles. The highest BCUT2D eigenvalue weighted by molar-refractivity contribution is 6.11. The highest BCUT2D eigenvalue weighted by atomic mass is 19.4. The minimum Gasteiger partial charge on any atom is -0.479 e. The summed E-state index contributed by atoms with van der Waals surface area (Å²) in [6.07, 6.45) is -0.351. The Morgan fingerprint density at radius 2 is 2.03 bits per heavy atom. The molecule has 35 heavy (non-hydrogen) atoms. The van der Waals surface area contributed by atoms with Crippen LogP contribution in [0.5, 0.6) is 5.88 Å². The topological polar surface area (TPSA) is 108 Å². The molecule has 0 saturated carbocycles. The molecule has 4 aromatic heterocycles. The summed E-state index contributed by atoms with van der Waals surface area (Å²) in [7, 11) is 3.05. The van der Waals surface area contributed by atoms with Crippen LogP contribution >= 0.6 is 0 Å². The summed E-state index contributed by atoms with van der Waals surface area (Å²) in [5, 5.41) is 0.0550. The zero-order valence-corrected chi connectivity index (χ0v) is 18.7. The highest BCUT2D eigenvalue weighted by Crippen LogP contribution is 2.32. The predicted octanol–water partition coefficient (Wildman–Crippen LogP) is 2.98. The van der Waals surface area contributed by atoms with Crippen LogP contribution in [0.3, 0.4) is 0 Å². The van der Waals surface area contributed by atoms with Crippen molar-refractivity contribution in [2.75, 3.05) is 7.11 Å². The largest absolute Gasteiger partial charge is 0.479 e. The van der Waals surface area contributed by atoms with Gasteiger partial charge in [-0.3, -0.25) is 4.79 Å². The molecular formula is C22H18F3N7O3. The summed E-state index contributed by atoms with van der Waals surface area (Å²) < 4.78 is 48.2. The number of aliphatic imine (C=N–C) groups is 1. The molecule has 0 aromatic carbocycles. The van der Waals surface area contributed by atoms with Gasteiger partial charge in [-0.1, -0.05) is 0 Å². The molecule has 1 N–H and O–H groups in total. The molecule has 180 valence electrons. The molecular weight excluding hydrogens is 467 g/mol. The number of rotatable bonds is 5. The maximum absolute atomic E-state index is 13.2. The summed E-state index contributed by atoms with van der Waals surface area (Å²) in [5.74, 6) is -0.167. The number of ether oxygens (including phenoxy) is 1.